The van der Waals surface area contributed by atoms with Gasteiger partial charge in [-0.15, -0.1) is 11.3 Å². The van der Waals surface area contributed by atoms with Crippen LogP contribution in [0.5, 0.6) is 0 Å². The van der Waals surface area contributed by atoms with Gasteiger partial charge in [0.15, 0.2) is 0 Å². The maximum absolute atomic E-state index is 13.4. The Morgan fingerprint density at radius 3 is 2.76 bits per heavy atom. The number of carbonyl (C=O) groups is 1. The molecule has 2 aromatic heterocycles. The monoisotopic (exact) mass is 406 g/mol. The molecule has 2 heterocycles. The van der Waals surface area contributed by atoms with Gasteiger partial charge in [-0.05, 0) is 74.4 Å². The molecular weight excluding hydrogens is 380 g/mol. The van der Waals surface area contributed by atoms with Crippen molar-refractivity contribution in [3.8, 4) is 0 Å². The van der Waals surface area contributed by atoms with Crippen molar-refractivity contribution >= 4 is 34.1 Å². The number of anilines is 1. The van der Waals surface area contributed by atoms with Crippen LogP contribution in [0.15, 0.2) is 46.0 Å². The number of fused-ring (bicyclic) bond motifs is 1. The van der Waals surface area contributed by atoms with Gasteiger partial charge in [0.2, 0.25) is 0 Å². The van der Waals surface area contributed by atoms with Crippen LogP contribution in [-0.4, -0.2) is 12.1 Å². The van der Waals surface area contributed by atoms with Crippen molar-refractivity contribution in [3.63, 3.8) is 0 Å². The highest BCUT2D eigenvalue weighted by molar-refractivity contribution is 7.16. The summed E-state index contributed by atoms with van der Waals surface area (Å²) >= 11 is 1.65. The van der Waals surface area contributed by atoms with Crippen LogP contribution in [0.3, 0.4) is 0 Å². The Labute approximate surface area is 175 Å². The maximum Gasteiger partial charge on any atom is 0.259 e. The summed E-state index contributed by atoms with van der Waals surface area (Å²) in [7, 11) is 0. The molecule has 0 saturated carbocycles. The van der Waals surface area contributed by atoms with E-state index in [2.05, 4.69) is 16.4 Å². The van der Waals surface area contributed by atoms with Gasteiger partial charge in [-0.1, -0.05) is 25.0 Å². The van der Waals surface area contributed by atoms with Crippen LogP contribution in [0.1, 0.15) is 63.4 Å². The van der Waals surface area contributed by atoms with E-state index in [0.29, 0.717) is 5.76 Å². The zero-order valence-electron chi connectivity index (χ0n) is 17.0. The van der Waals surface area contributed by atoms with E-state index in [1.54, 1.807) is 23.8 Å². The molecule has 0 unspecified atom stereocenters. The van der Waals surface area contributed by atoms with Gasteiger partial charge < -0.3 is 9.73 Å². The number of nitrogens with zero attached hydrogens (tertiary/aromatic N) is 1. The van der Waals surface area contributed by atoms with E-state index in [-0.39, 0.29) is 5.91 Å². The molecule has 3 aromatic rings. The van der Waals surface area contributed by atoms with Crippen LogP contribution in [0.25, 0.3) is 0 Å². The summed E-state index contributed by atoms with van der Waals surface area (Å²) in [5.74, 6) is 0.620. The minimum Gasteiger partial charge on any atom is -0.463 e. The quantitative estimate of drug-likeness (QED) is 0.495. The van der Waals surface area contributed by atoms with Crippen molar-refractivity contribution in [1.29, 1.82) is 0 Å². The second kappa shape index (κ2) is 8.78. The molecule has 0 bridgehead atoms. The highest BCUT2D eigenvalue weighted by Crippen LogP contribution is 2.39. The molecule has 1 aliphatic carbocycles. The second-order valence-corrected chi connectivity index (χ2v) is 8.73. The first-order valence-electron chi connectivity index (χ1n) is 10.2. The SMILES string of the molecule is Cc1ccc(C)c(NC(=O)c2c(N=Cc3ccco3)sc3c2CCCCCC3)c1. The normalized spacial score (nSPS) is 14.4. The van der Waals surface area contributed by atoms with Crippen molar-refractivity contribution in [3.05, 3.63) is 69.5 Å². The predicted molar refractivity (Wildman–Crippen MR) is 120 cm³/mol. The molecule has 1 N–H and O–H groups in total. The Morgan fingerprint density at radius 2 is 1.97 bits per heavy atom. The average molecular weight is 407 g/mol. The highest BCUT2D eigenvalue weighted by atomic mass is 32.1. The first-order chi connectivity index (χ1) is 14.1. The zero-order valence-corrected chi connectivity index (χ0v) is 17.8. The van der Waals surface area contributed by atoms with Gasteiger partial charge >= 0.3 is 0 Å². The molecule has 0 atom stereocenters. The smallest absolute Gasteiger partial charge is 0.259 e. The van der Waals surface area contributed by atoms with Crippen LogP contribution in [0.2, 0.25) is 0 Å². The molecule has 0 radical (unpaired) electrons. The lowest BCUT2D eigenvalue weighted by atomic mass is 9.96. The molecule has 1 aromatic carbocycles. The van der Waals surface area contributed by atoms with Crippen LogP contribution >= 0.6 is 11.3 Å². The largest absolute Gasteiger partial charge is 0.463 e. The number of furan rings is 1. The Kier molecular flexibility index (Phi) is 5.95. The van der Waals surface area contributed by atoms with E-state index in [1.165, 1.54) is 29.7 Å². The van der Waals surface area contributed by atoms with Crippen molar-refractivity contribution in [2.45, 2.75) is 52.4 Å². The van der Waals surface area contributed by atoms with E-state index in [4.69, 9.17) is 4.42 Å². The van der Waals surface area contributed by atoms with Gasteiger partial charge in [-0.3, -0.25) is 4.79 Å². The molecule has 1 amide bonds. The predicted octanol–water partition coefficient (Wildman–Crippen LogP) is 6.62. The van der Waals surface area contributed by atoms with Gasteiger partial charge in [0.05, 0.1) is 18.0 Å². The standard InChI is InChI=1S/C24H26N2O2S/c1-16-11-12-17(2)20(14-16)26-23(27)22-19-9-5-3-4-6-10-21(19)29-24(22)25-15-18-8-7-13-28-18/h7-8,11-15H,3-6,9-10H2,1-2H3,(H,26,27). The van der Waals surface area contributed by atoms with Crippen LogP contribution in [0, 0.1) is 13.8 Å². The Morgan fingerprint density at radius 1 is 1.14 bits per heavy atom. The Hall–Kier alpha value is -2.66. The molecule has 4 nitrogen and oxygen atoms in total. The van der Waals surface area contributed by atoms with E-state index in [0.717, 1.165) is 46.6 Å². The third kappa shape index (κ3) is 4.51. The van der Waals surface area contributed by atoms with E-state index < -0.39 is 0 Å². The zero-order chi connectivity index (χ0) is 20.2. The molecule has 5 heteroatoms. The molecule has 0 saturated heterocycles. The minimum atomic E-state index is -0.0663. The topological polar surface area (TPSA) is 54.6 Å². The molecule has 0 spiro atoms. The van der Waals surface area contributed by atoms with Crippen LogP contribution in [-0.2, 0) is 12.8 Å². The van der Waals surface area contributed by atoms with E-state index in [1.807, 2.05) is 38.1 Å². The third-order valence-electron chi connectivity index (χ3n) is 5.37. The summed E-state index contributed by atoms with van der Waals surface area (Å²) in [6.07, 6.45) is 10.1. The molecule has 29 heavy (non-hydrogen) atoms. The lowest BCUT2D eigenvalue weighted by molar-refractivity contribution is 0.102. The molecule has 0 aliphatic heterocycles. The average Bonchev–Trinajstić information content (AvgIpc) is 3.31. The first kappa shape index (κ1) is 19.6. The summed E-state index contributed by atoms with van der Waals surface area (Å²) in [6, 6.07) is 9.82. The number of nitrogens with one attached hydrogen (secondary N) is 1. The summed E-state index contributed by atoms with van der Waals surface area (Å²) < 4.78 is 5.38. The first-order valence-corrected chi connectivity index (χ1v) is 11.0. The number of benzene rings is 1. The maximum atomic E-state index is 13.4. The number of thiophene rings is 1. The van der Waals surface area contributed by atoms with Gasteiger partial charge in [0.25, 0.3) is 5.91 Å². The number of amides is 1. The van der Waals surface area contributed by atoms with Crippen molar-refractivity contribution in [2.75, 3.05) is 5.32 Å². The minimum absolute atomic E-state index is 0.0663. The van der Waals surface area contributed by atoms with E-state index in [9.17, 15) is 4.79 Å². The molecular formula is C24H26N2O2S. The summed E-state index contributed by atoms with van der Waals surface area (Å²) in [5, 5.41) is 3.92. The van der Waals surface area contributed by atoms with Crippen LogP contribution < -0.4 is 5.32 Å². The van der Waals surface area contributed by atoms with Crippen molar-refractivity contribution in [1.82, 2.24) is 0 Å². The highest BCUT2D eigenvalue weighted by Gasteiger charge is 2.24. The fraction of sp³-hybridized carbons (Fsp3) is 0.333. The van der Waals surface area contributed by atoms with Gasteiger partial charge in [-0.25, -0.2) is 4.99 Å². The fourth-order valence-corrected chi connectivity index (χ4v) is 5.00. The third-order valence-corrected chi connectivity index (χ3v) is 6.57. The fourth-order valence-electron chi connectivity index (χ4n) is 3.77. The molecule has 4 rings (SSSR count). The second-order valence-electron chi connectivity index (χ2n) is 7.64. The van der Waals surface area contributed by atoms with Crippen molar-refractivity contribution < 1.29 is 9.21 Å². The lowest BCUT2D eigenvalue weighted by Gasteiger charge is -2.13. The Bertz CT molecular complexity index is 1030. The van der Waals surface area contributed by atoms with Gasteiger partial charge in [0.1, 0.15) is 10.8 Å². The molecule has 0 fully saturated rings. The molecule has 150 valence electrons. The number of aliphatic imine (C=N–C) groups is 1. The number of aryl methyl sites for hydroxylation is 3. The Balaban J connectivity index is 1.72. The van der Waals surface area contributed by atoms with Gasteiger partial charge in [0, 0.05) is 10.6 Å². The molecule has 1 aliphatic rings. The lowest BCUT2D eigenvalue weighted by Crippen LogP contribution is -2.15. The van der Waals surface area contributed by atoms with Crippen LogP contribution in [0.4, 0.5) is 10.7 Å². The number of rotatable bonds is 4. The van der Waals surface area contributed by atoms with E-state index >= 15 is 0 Å². The number of hydrogen-bond acceptors (Lipinski definition) is 4. The number of carbonyl (C=O) groups excluding carboxylic acids is 1. The van der Waals surface area contributed by atoms with Crippen molar-refractivity contribution in [2.24, 2.45) is 4.99 Å². The summed E-state index contributed by atoms with van der Waals surface area (Å²) in [6.45, 7) is 4.05. The summed E-state index contributed by atoms with van der Waals surface area (Å²) in [5.41, 5.74) is 4.96. The van der Waals surface area contributed by atoms with Gasteiger partial charge in [-0.2, -0.15) is 0 Å². The number of hydrogen-bond donors (Lipinski definition) is 1. The summed E-state index contributed by atoms with van der Waals surface area (Å²) in [4.78, 5) is 19.4.